The Bertz CT molecular complexity index is 1260. The molecule has 6 nitrogen and oxygen atoms in total. The van der Waals surface area contributed by atoms with E-state index in [4.69, 9.17) is 0 Å². The third kappa shape index (κ3) is 7.19. The number of hydrogen-bond donors (Lipinski definition) is 0. The van der Waals surface area contributed by atoms with Crippen LogP contribution < -0.4 is 43.1 Å². The lowest BCUT2D eigenvalue weighted by Gasteiger charge is -2.05. The van der Waals surface area contributed by atoms with Crippen LogP contribution in [-0.4, -0.2) is 24.4 Å². The predicted molar refractivity (Wildman–Crippen MR) is 125 cm³/mol. The summed E-state index contributed by atoms with van der Waals surface area (Å²) in [6, 6.07) is 22.1. The first-order valence-electron chi connectivity index (χ1n) is 10.7. The maximum atomic E-state index is 12.5. The van der Waals surface area contributed by atoms with Crippen LogP contribution in [0.3, 0.4) is 0 Å². The van der Waals surface area contributed by atoms with Crippen LogP contribution in [0.15, 0.2) is 97.6 Å². The normalized spacial score (nSPS) is 9.89. The van der Waals surface area contributed by atoms with Crippen LogP contribution in [0, 0.1) is 0 Å². The lowest BCUT2D eigenvalue weighted by atomic mass is 10.0. The molecular formula is C28H22Br2N2O4. The van der Waals surface area contributed by atoms with Crippen molar-refractivity contribution in [3.63, 3.8) is 0 Å². The number of rotatable bonds is 7. The zero-order valence-electron chi connectivity index (χ0n) is 19.1. The number of pyridine rings is 2. The minimum Gasteiger partial charge on any atom is -1.00 e. The van der Waals surface area contributed by atoms with Crippen molar-refractivity contribution in [1.29, 1.82) is 0 Å². The third-order valence-corrected chi connectivity index (χ3v) is 5.45. The molecule has 182 valence electrons. The largest absolute Gasteiger partial charge is 1.00 e. The third-order valence-electron chi connectivity index (χ3n) is 5.45. The predicted octanol–water partition coefficient (Wildman–Crippen LogP) is -2.67. The summed E-state index contributed by atoms with van der Waals surface area (Å²) in [6.07, 6.45) is 8.17. The van der Waals surface area contributed by atoms with Crippen LogP contribution in [0.4, 0.5) is 0 Å². The molecule has 0 radical (unpaired) electrons. The Kier molecular flexibility index (Phi) is 10.7. The Morgan fingerprint density at radius 1 is 0.583 bits per heavy atom. The van der Waals surface area contributed by atoms with Gasteiger partial charge in [-0.2, -0.15) is 0 Å². The SMILES string of the molecule is O=Cc1ccc[n+](C(=O)Cc2ccc(-c3ccc(CC(=O)[n+]4cccc(C=O)c4)cc3)cc2)c1.[Br-].[Br-]. The minimum atomic E-state index is -0.123. The van der Waals surface area contributed by atoms with E-state index >= 15 is 0 Å². The Labute approximate surface area is 229 Å². The summed E-state index contributed by atoms with van der Waals surface area (Å²) in [6.45, 7) is 0. The van der Waals surface area contributed by atoms with Crippen molar-refractivity contribution in [2.24, 2.45) is 0 Å². The van der Waals surface area contributed by atoms with Crippen LogP contribution in [0.5, 0.6) is 0 Å². The highest BCUT2D eigenvalue weighted by molar-refractivity contribution is 5.76. The molecule has 0 unspecified atom stereocenters. The summed E-state index contributed by atoms with van der Waals surface area (Å²) in [5.41, 5.74) is 4.63. The van der Waals surface area contributed by atoms with Gasteiger partial charge >= 0.3 is 11.8 Å². The zero-order chi connectivity index (χ0) is 23.9. The van der Waals surface area contributed by atoms with Crippen LogP contribution in [0.25, 0.3) is 11.1 Å². The molecule has 36 heavy (non-hydrogen) atoms. The average Bonchev–Trinajstić information content (AvgIpc) is 2.89. The van der Waals surface area contributed by atoms with Crippen molar-refractivity contribution in [3.8, 4) is 11.1 Å². The standard InChI is InChI=1S/C28H22N2O4.2BrH/c31-19-23-3-1-13-29(17-23)27(33)15-21-5-9-25(10-6-21)26-11-7-22(8-12-26)16-28(34)30-14-2-4-24(18-30)20-32;;/h1-14,17-20H,15-16H2;2*1H/q+2;;/p-2. The molecule has 0 bridgehead atoms. The van der Waals surface area contributed by atoms with Crippen molar-refractivity contribution >= 4 is 24.4 Å². The van der Waals surface area contributed by atoms with Crippen LogP contribution >= 0.6 is 0 Å². The summed E-state index contributed by atoms with van der Waals surface area (Å²) in [7, 11) is 0. The minimum absolute atomic E-state index is 0. The highest BCUT2D eigenvalue weighted by Gasteiger charge is 2.17. The Morgan fingerprint density at radius 2 is 0.944 bits per heavy atom. The van der Waals surface area contributed by atoms with E-state index in [1.807, 2.05) is 48.5 Å². The first kappa shape index (κ1) is 28.6. The molecule has 2 heterocycles. The highest BCUT2D eigenvalue weighted by atomic mass is 79.9. The van der Waals surface area contributed by atoms with Gasteiger partial charge in [0.1, 0.15) is 0 Å². The van der Waals surface area contributed by atoms with Gasteiger partial charge in [-0.25, -0.2) is 9.59 Å². The molecule has 2 aromatic heterocycles. The second-order valence-electron chi connectivity index (χ2n) is 7.86. The quantitative estimate of drug-likeness (QED) is 0.169. The van der Waals surface area contributed by atoms with Crippen LogP contribution in [0.1, 0.15) is 41.4 Å². The summed E-state index contributed by atoms with van der Waals surface area (Å²) in [4.78, 5) is 46.8. The fourth-order valence-electron chi connectivity index (χ4n) is 3.60. The van der Waals surface area contributed by atoms with Gasteiger partial charge in [0.05, 0.1) is 24.0 Å². The van der Waals surface area contributed by atoms with Crippen molar-refractivity contribution in [2.75, 3.05) is 0 Å². The molecule has 8 heteroatoms. The maximum Gasteiger partial charge on any atom is 0.396 e. The summed E-state index contributed by atoms with van der Waals surface area (Å²) >= 11 is 0. The maximum absolute atomic E-state index is 12.5. The van der Waals surface area contributed by atoms with Crippen molar-refractivity contribution < 1.29 is 62.3 Å². The van der Waals surface area contributed by atoms with E-state index < -0.39 is 0 Å². The van der Waals surface area contributed by atoms with Gasteiger partial charge in [-0.05, 0) is 34.4 Å². The van der Waals surface area contributed by atoms with E-state index in [-0.39, 0.29) is 58.6 Å². The van der Waals surface area contributed by atoms with Gasteiger partial charge in [-0.1, -0.05) is 48.5 Å². The van der Waals surface area contributed by atoms with E-state index in [0.717, 1.165) is 22.3 Å². The van der Waals surface area contributed by atoms with E-state index in [1.165, 1.54) is 21.5 Å². The van der Waals surface area contributed by atoms with Crippen molar-refractivity contribution in [1.82, 2.24) is 0 Å². The molecule has 0 fully saturated rings. The molecule has 0 N–H and O–H groups in total. The number of aldehydes is 2. The van der Waals surface area contributed by atoms with E-state index in [1.54, 1.807) is 36.7 Å². The molecule has 0 aliphatic heterocycles. The van der Waals surface area contributed by atoms with E-state index in [2.05, 4.69) is 0 Å². The lowest BCUT2D eigenvalue weighted by Crippen LogP contribution is -3.00. The molecule has 4 aromatic rings. The Balaban J connectivity index is 0.00000228. The second-order valence-corrected chi connectivity index (χ2v) is 7.86. The molecule has 4 rings (SSSR count). The van der Waals surface area contributed by atoms with Crippen molar-refractivity contribution in [3.05, 3.63) is 120 Å². The van der Waals surface area contributed by atoms with Gasteiger partial charge in [0, 0.05) is 12.1 Å². The van der Waals surface area contributed by atoms with E-state index in [9.17, 15) is 19.2 Å². The first-order chi connectivity index (χ1) is 16.6. The molecule has 0 saturated carbocycles. The number of aromatic nitrogens is 2. The number of nitrogens with zero attached hydrogens (tertiary/aromatic N) is 2. The van der Waals surface area contributed by atoms with E-state index in [0.29, 0.717) is 23.7 Å². The molecule has 0 atom stereocenters. The molecule has 0 spiro atoms. The zero-order valence-corrected chi connectivity index (χ0v) is 22.3. The lowest BCUT2D eigenvalue weighted by molar-refractivity contribution is -0.574. The molecule has 0 aliphatic rings. The highest BCUT2D eigenvalue weighted by Crippen LogP contribution is 2.21. The number of benzene rings is 2. The fraction of sp³-hybridized carbons (Fsp3) is 0.0714. The average molecular weight is 610 g/mol. The van der Waals surface area contributed by atoms with Gasteiger partial charge in [-0.15, -0.1) is 9.13 Å². The molecule has 2 aromatic carbocycles. The molecule has 0 amide bonds. The van der Waals surface area contributed by atoms with Crippen LogP contribution in [-0.2, 0) is 12.8 Å². The smallest absolute Gasteiger partial charge is 0.396 e. The van der Waals surface area contributed by atoms with Gasteiger partial charge in [0.25, 0.3) is 0 Å². The molecule has 0 aliphatic carbocycles. The van der Waals surface area contributed by atoms with Gasteiger partial charge in [0.15, 0.2) is 37.4 Å². The number of carbonyl (C=O) groups excluding carboxylic acids is 4. The Hall–Kier alpha value is -3.62. The van der Waals surface area contributed by atoms with Crippen LogP contribution in [0.2, 0.25) is 0 Å². The number of hydrogen-bond acceptors (Lipinski definition) is 4. The molecular weight excluding hydrogens is 588 g/mol. The van der Waals surface area contributed by atoms with Crippen molar-refractivity contribution in [2.45, 2.75) is 12.8 Å². The summed E-state index contributed by atoms with van der Waals surface area (Å²) in [5, 5.41) is 0. The summed E-state index contributed by atoms with van der Waals surface area (Å²) < 4.78 is 2.84. The summed E-state index contributed by atoms with van der Waals surface area (Å²) in [5.74, 6) is -0.246. The topological polar surface area (TPSA) is 76.0 Å². The van der Waals surface area contributed by atoms with Gasteiger partial charge in [-0.3, -0.25) is 9.59 Å². The van der Waals surface area contributed by atoms with Gasteiger partial charge in [0.2, 0.25) is 0 Å². The number of halogens is 2. The molecule has 0 saturated heterocycles. The second kappa shape index (κ2) is 13.5. The fourth-order valence-corrected chi connectivity index (χ4v) is 3.60. The number of carbonyl (C=O) groups is 4. The van der Waals surface area contributed by atoms with Gasteiger partial charge < -0.3 is 34.0 Å². The monoisotopic (exact) mass is 608 g/mol. The Morgan fingerprint density at radius 3 is 1.28 bits per heavy atom. The first-order valence-corrected chi connectivity index (χ1v) is 10.7.